The highest BCUT2D eigenvalue weighted by atomic mass is 35.5. The number of rotatable bonds is 5. The van der Waals surface area contributed by atoms with E-state index >= 15 is 0 Å². The molecule has 25 heavy (non-hydrogen) atoms. The van der Waals surface area contributed by atoms with Crippen molar-refractivity contribution in [3.63, 3.8) is 0 Å². The molecule has 0 unspecified atom stereocenters. The van der Waals surface area contributed by atoms with E-state index in [-0.39, 0.29) is 5.25 Å². The van der Waals surface area contributed by atoms with Crippen LogP contribution in [0.5, 0.6) is 0 Å². The van der Waals surface area contributed by atoms with Crippen LogP contribution >= 0.6 is 11.6 Å². The number of aromatic nitrogens is 1. The molecule has 4 rings (SSSR count). The van der Waals surface area contributed by atoms with Gasteiger partial charge in [0.2, 0.25) is 10.0 Å². The van der Waals surface area contributed by atoms with Gasteiger partial charge in [-0.2, -0.15) is 4.98 Å². The molecule has 1 aromatic heterocycles. The third-order valence-electron chi connectivity index (χ3n) is 5.12. The van der Waals surface area contributed by atoms with Gasteiger partial charge in [0.25, 0.3) is 6.01 Å². The Balaban J connectivity index is 1.37. The van der Waals surface area contributed by atoms with E-state index < -0.39 is 10.0 Å². The summed E-state index contributed by atoms with van der Waals surface area (Å²) < 4.78 is 31.9. The van der Waals surface area contributed by atoms with Gasteiger partial charge in [-0.15, -0.1) is 0 Å². The number of anilines is 1. The van der Waals surface area contributed by atoms with Crippen LogP contribution in [0.3, 0.4) is 0 Å². The zero-order valence-electron chi connectivity index (χ0n) is 14.2. The van der Waals surface area contributed by atoms with Crippen molar-refractivity contribution in [2.24, 2.45) is 5.92 Å². The zero-order chi connectivity index (χ0) is 17.6. The molecule has 0 amide bonds. The van der Waals surface area contributed by atoms with Crippen LogP contribution < -0.4 is 4.90 Å². The zero-order valence-corrected chi connectivity index (χ0v) is 15.8. The molecule has 8 heteroatoms. The van der Waals surface area contributed by atoms with E-state index in [0.717, 1.165) is 49.9 Å². The SMILES string of the molecule is CN(CC1CCN(c2nc3cc(Cl)ccc3o2)CC1)S(=O)(=O)C1CC1. The fraction of sp³-hybridized carbons (Fsp3) is 0.588. The maximum Gasteiger partial charge on any atom is 0.298 e. The Labute approximate surface area is 152 Å². The Kier molecular flexibility index (Phi) is 4.42. The monoisotopic (exact) mass is 383 g/mol. The van der Waals surface area contributed by atoms with Crippen LogP contribution in [-0.2, 0) is 10.0 Å². The van der Waals surface area contributed by atoms with Crippen molar-refractivity contribution in [3.8, 4) is 0 Å². The summed E-state index contributed by atoms with van der Waals surface area (Å²) in [6, 6.07) is 6.04. The number of oxazole rings is 1. The molecule has 0 atom stereocenters. The Morgan fingerprint density at radius 3 is 2.68 bits per heavy atom. The quantitative estimate of drug-likeness (QED) is 0.793. The second kappa shape index (κ2) is 6.45. The average molecular weight is 384 g/mol. The molecule has 1 saturated heterocycles. The van der Waals surface area contributed by atoms with Crippen LogP contribution in [0.4, 0.5) is 6.01 Å². The van der Waals surface area contributed by atoms with E-state index in [2.05, 4.69) is 9.88 Å². The van der Waals surface area contributed by atoms with Gasteiger partial charge in [0.05, 0.1) is 5.25 Å². The van der Waals surface area contributed by atoms with Crippen molar-refractivity contribution in [1.82, 2.24) is 9.29 Å². The number of hydrogen-bond donors (Lipinski definition) is 0. The van der Waals surface area contributed by atoms with Crippen LogP contribution in [0.1, 0.15) is 25.7 Å². The fourth-order valence-electron chi connectivity index (χ4n) is 3.42. The number of nitrogens with zero attached hydrogens (tertiary/aromatic N) is 3. The third kappa shape index (κ3) is 3.50. The lowest BCUT2D eigenvalue weighted by molar-refractivity contribution is 0.322. The summed E-state index contributed by atoms with van der Waals surface area (Å²) in [5, 5.41) is 0.509. The van der Waals surface area contributed by atoms with Crippen molar-refractivity contribution in [3.05, 3.63) is 23.2 Å². The summed E-state index contributed by atoms with van der Waals surface area (Å²) in [6.07, 6.45) is 3.49. The van der Waals surface area contributed by atoms with Gasteiger partial charge in [0.15, 0.2) is 5.58 Å². The Morgan fingerprint density at radius 1 is 1.28 bits per heavy atom. The number of benzene rings is 1. The summed E-state index contributed by atoms with van der Waals surface area (Å²) in [4.78, 5) is 6.65. The van der Waals surface area contributed by atoms with Gasteiger partial charge in [0.1, 0.15) is 5.52 Å². The summed E-state index contributed by atoms with van der Waals surface area (Å²) in [6.45, 7) is 2.25. The van der Waals surface area contributed by atoms with Crippen molar-refractivity contribution in [1.29, 1.82) is 0 Å². The molecule has 136 valence electrons. The van der Waals surface area contributed by atoms with Gasteiger partial charge >= 0.3 is 0 Å². The first-order chi connectivity index (χ1) is 11.9. The highest BCUT2D eigenvalue weighted by Crippen LogP contribution is 2.32. The molecular formula is C17H22ClN3O3S. The largest absolute Gasteiger partial charge is 0.423 e. The first-order valence-corrected chi connectivity index (χ1v) is 10.6. The number of halogens is 1. The van der Waals surface area contributed by atoms with Gasteiger partial charge in [-0.05, 0) is 49.8 Å². The molecule has 2 heterocycles. The topological polar surface area (TPSA) is 66.7 Å². The number of fused-ring (bicyclic) bond motifs is 1. The van der Waals surface area contributed by atoms with Crippen molar-refractivity contribution < 1.29 is 12.8 Å². The van der Waals surface area contributed by atoms with Crippen LogP contribution in [0, 0.1) is 5.92 Å². The fourth-order valence-corrected chi connectivity index (χ4v) is 5.24. The molecule has 0 radical (unpaired) electrons. The predicted molar refractivity (Wildman–Crippen MR) is 98.5 cm³/mol. The van der Waals surface area contributed by atoms with Crippen molar-refractivity contribution in [2.45, 2.75) is 30.9 Å². The molecular weight excluding hydrogens is 362 g/mol. The lowest BCUT2D eigenvalue weighted by Crippen LogP contribution is -2.40. The molecule has 1 aliphatic carbocycles. The summed E-state index contributed by atoms with van der Waals surface area (Å²) in [5.41, 5.74) is 1.50. The van der Waals surface area contributed by atoms with Gasteiger partial charge < -0.3 is 9.32 Å². The maximum atomic E-state index is 12.3. The molecule has 6 nitrogen and oxygen atoms in total. The average Bonchev–Trinajstić information content (AvgIpc) is 3.36. The second-order valence-corrected chi connectivity index (χ2v) is 9.82. The molecule has 1 aliphatic heterocycles. The highest BCUT2D eigenvalue weighted by Gasteiger charge is 2.39. The van der Waals surface area contributed by atoms with E-state index in [1.165, 1.54) is 0 Å². The van der Waals surface area contributed by atoms with E-state index in [0.29, 0.717) is 23.5 Å². The van der Waals surface area contributed by atoms with Gasteiger partial charge in [-0.1, -0.05) is 11.6 Å². The summed E-state index contributed by atoms with van der Waals surface area (Å²) in [7, 11) is -1.36. The Hall–Kier alpha value is -1.31. The smallest absolute Gasteiger partial charge is 0.298 e. The van der Waals surface area contributed by atoms with Crippen molar-refractivity contribution in [2.75, 3.05) is 31.6 Å². The molecule has 0 N–H and O–H groups in total. The van der Waals surface area contributed by atoms with Crippen LogP contribution in [0.15, 0.2) is 22.6 Å². The lowest BCUT2D eigenvalue weighted by atomic mass is 9.97. The Bertz CT molecular complexity index is 870. The van der Waals surface area contributed by atoms with Crippen LogP contribution in [-0.4, -0.2) is 49.6 Å². The maximum absolute atomic E-state index is 12.3. The first kappa shape index (κ1) is 17.1. The molecule has 0 bridgehead atoms. The molecule has 1 aromatic carbocycles. The molecule has 0 spiro atoms. The van der Waals surface area contributed by atoms with Gasteiger partial charge in [-0.25, -0.2) is 12.7 Å². The number of hydrogen-bond acceptors (Lipinski definition) is 5. The van der Waals surface area contributed by atoms with E-state index in [1.54, 1.807) is 23.5 Å². The number of piperidine rings is 1. The normalized spacial score (nSPS) is 19.9. The molecule has 2 aromatic rings. The highest BCUT2D eigenvalue weighted by molar-refractivity contribution is 7.90. The minimum atomic E-state index is -3.08. The lowest BCUT2D eigenvalue weighted by Gasteiger charge is -2.32. The van der Waals surface area contributed by atoms with E-state index in [9.17, 15) is 8.42 Å². The summed E-state index contributed by atoms with van der Waals surface area (Å²) in [5.74, 6) is 0.383. The van der Waals surface area contributed by atoms with Crippen LogP contribution in [0.2, 0.25) is 5.02 Å². The second-order valence-electron chi connectivity index (χ2n) is 7.06. The van der Waals surface area contributed by atoms with Gasteiger partial charge in [0, 0.05) is 31.7 Å². The standard InChI is InChI=1S/C17H22ClN3O3S/c1-20(25(22,23)14-3-4-14)11-12-6-8-21(9-7-12)17-19-15-10-13(18)2-5-16(15)24-17/h2,5,10,12,14H,3-4,6-9,11H2,1H3. The number of sulfonamides is 1. The minimum Gasteiger partial charge on any atom is -0.423 e. The molecule has 2 aliphatic rings. The summed E-state index contributed by atoms with van der Waals surface area (Å²) >= 11 is 6.00. The van der Waals surface area contributed by atoms with Crippen LogP contribution in [0.25, 0.3) is 11.1 Å². The van der Waals surface area contributed by atoms with E-state index in [1.807, 2.05) is 6.07 Å². The van der Waals surface area contributed by atoms with E-state index in [4.69, 9.17) is 16.0 Å². The molecule has 1 saturated carbocycles. The molecule has 2 fully saturated rings. The Morgan fingerprint density at radius 2 is 2.00 bits per heavy atom. The van der Waals surface area contributed by atoms with Gasteiger partial charge in [-0.3, -0.25) is 0 Å². The van der Waals surface area contributed by atoms with Crippen molar-refractivity contribution >= 4 is 38.7 Å². The minimum absolute atomic E-state index is 0.135. The predicted octanol–water partition coefficient (Wildman–Crippen LogP) is 3.12. The first-order valence-electron chi connectivity index (χ1n) is 8.69. The third-order valence-corrected chi connectivity index (χ3v) is 7.69.